The number of carbonyl (C=O) groups excluding carboxylic acids is 1. The molecule has 2 aromatic carbocycles. The van der Waals surface area contributed by atoms with Gasteiger partial charge < -0.3 is 9.64 Å². The van der Waals surface area contributed by atoms with E-state index in [1.165, 1.54) is 11.3 Å². The van der Waals surface area contributed by atoms with Gasteiger partial charge in [0.25, 0.3) is 5.91 Å². The van der Waals surface area contributed by atoms with Crippen molar-refractivity contribution >= 4 is 56.6 Å². The molecular formula is C19H21Cl2N3O2S. The van der Waals surface area contributed by atoms with Gasteiger partial charge >= 0.3 is 0 Å². The van der Waals surface area contributed by atoms with Crippen molar-refractivity contribution in [3.63, 3.8) is 0 Å². The van der Waals surface area contributed by atoms with E-state index in [1.54, 1.807) is 24.1 Å². The molecule has 3 rings (SSSR count). The molecule has 0 unspecified atom stereocenters. The molecule has 3 aromatic rings. The summed E-state index contributed by atoms with van der Waals surface area (Å²) in [5.41, 5.74) is 1.30. The van der Waals surface area contributed by atoms with Gasteiger partial charge in [-0.05, 0) is 38.4 Å². The molecule has 144 valence electrons. The molecule has 0 atom stereocenters. The normalized spacial score (nSPS) is 10.7. The smallest absolute Gasteiger partial charge is 0.260 e. The van der Waals surface area contributed by atoms with Crippen LogP contribution in [-0.4, -0.2) is 50.1 Å². The first-order valence-corrected chi connectivity index (χ1v) is 9.35. The minimum Gasteiger partial charge on any atom is -0.494 e. The molecule has 0 radical (unpaired) electrons. The van der Waals surface area contributed by atoms with Crippen LogP contribution in [0.4, 0.5) is 5.13 Å². The van der Waals surface area contributed by atoms with Crippen LogP contribution in [0.25, 0.3) is 10.2 Å². The zero-order chi connectivity index (χ0) is 18.7. The number of halogens is 2. The highest BCUT2D eigenvalue weighted by Crippen LogP contribution is 2.39. The number of hydrogen-bond donors (Lipinski definition) is 0. The molecule has 0 aliphatic carbocycles. The molecule has 0 aliphatic rings. The van der Waals surface area contributed by atoms with Gasteiger partial charge in [0.2, 0.25) is 0 Å². The van der Waals surface area contributed by atoms with E-state index < -0.39 is 0 Å². The fraction of sp³-hybridized carbons (Fsp3) is 0.263. The predicted octanol–water partition coefficient (Wildman–Crippen LogP) is 4.59. The van der Waals surface area contributed by atoms with Crippen LogP contribution in [0.3, 0.4) is 0 Å². The molecule has 1 heterocycles. The van der Waals surface area contributed by atoms with Crippen molar-refractivity contribution in [2.24, 2.45) is 0 Å². The van der Waals surface area contributed by atoms with Crippen LogP contribution in [0, 0.1) is 0 Å². The number of likely N-dealkylation sites (N-methyl/N-ethyl adjacent to an activating group) is 1. The second-order valence-electron chi connectivity index (χ2n) is 6.05. The van der Waals surface area contributed by atoms with Crippen molar-refractivity contribution in [1.29, 1.82) is 0 Å². The second-order valence-corrected chi connectivity index (χ2v) is 7.43. The monoisotopic (exact) mass is 425 g/mol. The topological polar surface area (TPSA) is 45.7 Å². The summed E-state index contributed by atoms with van der Waals surface area (Å²) in [5, 5.41) is 1.21. The Balaban J connectivity index is 0.00000261. The highest BCUT2D eigenvalue weighted by Gasteiger charge is 2.23. The predicted molar refractivity (Wildman–Crippen MR) is 115 cm³/mol. The summed E-state index contributed by atoms with van der Waals surface area (Å²) < 4.78 is 6.21. The summed E-state index contributed by atoms with van der Waals surface area (Å²) in [6, 6.07) is 12.8. The summed E-state index contributed by atoms with van der Waals surface area (Å²) >= 11 is 7.73. The Kier molecular flexibility index (Phi) is 7.44. The Morgan fingerprint density at radius 1 is 1.15 bits per heavy atom. The van der Waals surface area contributed by atoms with E-state index in [2.05, 4.69) is 4.98 Å². The number of rotatable bonds is 6. The standard InChI is InChI=1S/C19H20ClN3O2S.ClH/c1-22(2)11-12-23(18(24)13-7-5-4-6-8-13)19-21-16-15(25-3)10-9-14(20)17(16)26-19;/h4-10H,11-12H2,1-3H3;1H. The summed E-state index contributed by atoms with van der Waals surface area (Å²) in [7, 11) is 5.55. The van der Waals surface area contributed by atoms with Gasteiger partial charge in [0.15, 0.2) is 5.13 Å². The molecule has 0 spiro atoms. The third-order valence-corrected chi connectivity index (χ3v) is 5.47. The van der Waals surface area contributed by atoms with Gasteiger partial charge in [0.05, 0.1) is 16.8 Å². The lowest BCUT2D eigenvalue weighted by atomic mass is 10.2. The average Bonchev–Trinajstić information content (AvgIpc) is 3.08. The number of thiazole rings is 1. The van der Waals surface area contributed by atoms with Gasteiger partial charge in [-0.25, -0.2) is 4.98 Å². The van der Waals surface area contributed by atoms with Crippen LogP contribution in [0.1, 0.15) is 10.4 Å². The highest BCUT2D eigenvalue weighted by molar-refractivity contribution is 7.23. The van der Waals surface area contributed by atoms with Crippen molar-refractivity contribution < 1.29 is 9.53 Å². The number of anilines is 1. The van der Waals surface area contributed by atoms with Gasteiger partial charge in [-0.3, -0.25) is 9.69 Å². The Labute approximate surface area is 173 Å². The lowest BCUT2D eigenvalue weighted by Gasteiger charge is -2.22. The van der Waals surface area contributed by atoms with Gasteiger partial charge in [0, 0.05) is 18.7 Å². The SMILES string of the molecule is COc1ccc(Cl)c2sc(N(CCN(C)C)C(=O)c3ccccc3)nc12.Cl. The Bertz CT molecular complexity index is 916. The number of hydrogen-bond acceptors (Lipinski definition) is 5. The maximum atomic E-state index is 13.1. The minimum absolute atomic E-state index is 0. The third-order valence-electron chi connectivity index (χ3n) is 3.93. The molecule has 8 heteroatoms. The fourth-order valence-corrected chi connectivity index (χ4v) is 3.82. The van der Waals surface area contributed by atoms with Crippen LogP contribution in [0.15, 0.2) is 42.5 Å². The summed E-state index contributed by atoms with van der Waals surface area (Å²) in [6.07, 6.45) is 0. The van der Waals surface area contributed by atoms with Gasteiger partial charge in [0.1, 0.15) is 11.3 Å². The largest absolute Gasteiger partial charge is 0.494 e. The molecule has 0 saturated carbocycles. The fourth-order valence-electron chi connectivity index (χ4n) is 2.54. The van der Waals surface area contributed by atoms with E-state index in [4.69, 9.17) is 16.3 Å². The minimum atomic E-state index is -0.0819. The van der Waals surface area contributed by atoms with Crippen molar-refractivity contribution in [2.45, 2.75) is 0 Å². The molecule has 0 bridgehead atoms. The van der Waals surface area contributed by atoms with E-state index in [-0.39, 0.29) is 18.3 Å². The average molecular weight is 426 g/mol. The van der Waals surface area contributed by atoms with Gasteiger partial charge in [-0.15, -0.1) is 12.4 Å². The molecule has 27 heavy (non-hydrogen) atoms. The Morgan fingerprint density at radius 2 is 1.85 bits per heavy atom. The third kappa shape index (κ3) is 4.71. The Morgan fingerprint density at radius 3 is 2.48 bits per heavy atom. The van der Waals surface area contributed by atoms with Crippen LogP contribution >= 0.6 is 35.3 Å². The molecule has 0 N–H and O–H groups in total. The molecule has 1 aromatic heterocycles. The number of amides is 1. The summed E-state index contributed by atoms with van der Waals surface area (Å²) in [5.74, 6) is 0.563. The first-order valence-electron chi connectivity index (χ1n) is 8.16. The van der Waals surface area contributed by atoms with E-state index >= 15 is 0 Å². The summed E-state index contributed by atoms with van der Waals surface area (Å²) in [4.78, 5) is 21.5. The maximum Gasteiger partial charge on any atom is 0.260 e. The van der Waals surface area contributed by atoms with E-state index in [9.17, 15) is 4.79 Å². The van der Waals surface area contributed by atoms with Crippen molar-refractivity contribution in [3.05, 3.63) is 53.1 Å². The number of nitrogens with zero attached hydrogens (tertiary/aromatic N) is 3. The zero-order valence-electron chi connectivity index (χ0n) is 15.3. The first-order chi connectivity index (χ1) is 12.5. The van der Waals surface area contributed by atoms with Crippen molar-refractivity contribution in [3.8, 4) is 5.75 Å². The highest BCUT2D eigenvalue weighted by atomic mass is 35.5. The molecule has 5 nitrogen and oxygen atoms in total. The molecule has 0 fully saturated rings. The van der Waals surface area contributed by atoms with Crippen LogP contribution in [0.5, 0.6) is 5.75 Å². The first kappa shape index (κ1) is 21.4. The van der Waals surface area contributed by atoms with Crippen LogP contribution in [-0.2, 0) is 0 Å². The van der Waals surface area contributed by atoms with Crippen molar-refractivity contribution in [1.82, 2.24) is 9.88 Å². The van der Waals surface area contributed by atoms with Gasteiger partial charge in [-0.2, -0.15) is 0 Å². The summed E-state index contributed by atoms with van der Waals surface area (Å²) in [6.45, 7) is 1.25. The number of carbonyl (C=O) groups is 1. The molecular weight excluding hydrogens is 405 g/mol. The van der Waals surface area contributed by atoms with E-state index in [0.29, 0.717) is 33.5 Å². The van der Waals surface area contributed by atoms with Crippen molar-refractivity contribution in [2.75, 3.05) is 39.2 Å². The number of benzene rings is 2. The number of ether oxygens (including phenoxy) is 1. The van der Waals surface area contributed by atoms with E-state index in [1.807, 2.05) is 49.3 Å². The lowest BCUT2D eigenvalue weighted by Crippen LogP contribution is -2.36. The number of aromatic nitrogens is 1. The Hall–Kier alpha value is -1.86. The quantitative estimate of drug-likeness (QED) is 0.579. The second kappa shape index (κ2) is 9.37. The number of fused-ring (bicyclic) bond motifs is 1. The van der Waals surface area contributed by atoms with Gasteiger partial charge in [-0.1, -0.05) is 41.1 Å². The van der Waals surface area contributed by atoms with Crippen LogP contribution in [0.2, 0.25) is 5.02 Å². The van der Waals surface area contributed by atoms with E-state index in [0.717, 1.165) is 11.2 Å². The number of methoxy groups -OCH3 is 1. The lowest BCUT2D eigenvalue weighted by molar-refractivity contribution is 0.0985. The molecule has 1 amide bonds. The molecule has 0 saturated heterocycles. The maximum absolute atomic E-state index is 13.1. The zero-order valence-corrected chi connectivity index (χ0v) is 17.7. The molecule has 0 aliphatic heterocycles. The van der Waals surface area contributed by atoms with Crippen LogP contribution < -0.4 is 9.64 Å².